The molecule has 0 saturated carbocycles. The lowest BCUT2D eigenvalue weighted by Crippen LogP contribution is -2.30. The highest BCUT2D eigenvalue weighted by Gasteiger charge is 2.26. The molecule has 0 aromatic heterocycles. The molecule has 0 bridgehead atoms. The van der Waals surface area contributed by atoms with E-state index >= 15 is 0 Å². The van der Waals surface area contributed by atoms with Gasteiger partial charge in [-0.05, 0) is 55.0 Å². The van der Waals surface area contributed by atoms with E-state index in [9.17, 15) is 19.1 Å². The van der Waals surface area contributed by atoms with Gasteiger partial charge in [0.25, 0.3) is 5.91 Å². The van der Waals surface area contributed by atoms with E-state index in [1.807, 2.05) is 37.3 Å². The molecule has 4 rings (SSSR count). The standard InChI is InChI=1S/C23H19FN2O3S/c1-2-26-18-13-15(25-22(28)12-14-7-9-17(24)19(27)11-14)8-10-21(18)30-20-6-4-3-5-16(20)23(26)29/h3-11,13,27H,2,12H2,1H3,(H,25,28). The molecule has 2 N–H and O–H groups in total. The number of phenols is 1. The lowest BCUT2D eigenvalue weighted by molar-refractivity contribution is -0.115. The number of anilines is 2. The highest BCUT2D eigenvalue weighted by atomic mass is 32.2. The zero-order valence-corrected chi connectivity index (χ0v) is 17.0. The SMILES string of the molecule is CCN1C(=O)c2ccccc2Sc2ccc(NC(=O)Cc3ccc(F)c(O)c3)cc21. The summed E-state index contributed by atoms with van der Waals surface area (Å²) in [6, 6.07) is 16.8. The summed E-state index contributed by atoms with van der Waals surface area (Å²) in [5, 5.41) is 12.3. The van der Waals surface area contributed by atoms with E-state index in [0.29, 0.717) is 23.4 Å². The van der Waals surface area contributed by atoms with Gasteiger partial charge in [-0.1, -0.05) is 30.0 Å². The van der Waals surface area contributed by atoms with Crippen LogP contribution < -0.4 is 10.2 Å². The number of nitrogens with zero attached hydrogens (tertiary/aromatic N) is 1. The second-order valence-corrected chi connectivity index (χ2v) is 7.92. The molecule has 0 unspecified atom stereocenters. The number of aromatic hydroxyl groups is 1. The van der Waals surface area contributed by atoms with Gasteiger partial charge in [-0.15, -0.1) is 0 Å². The van der Waals surface area contributed by atoms with Gasteiger partial charge < -0.3 is 15.3 Å². The zero-order chi connectivity index (χ0) is 21.3. The van der Waals surface area contributed by atoms with E-state index in [1.54, 1.807) is 17.0 Å². The van der Waals surface area contributed by atoms with Gasteiger partial charge in [0.15, 0.2) is 11.6 Å². The molecule has 0 atom stereocenters. The third-order valence-electron chi connectivity index (χ3n) is 4.81. The first-order valence-electron chi connectivity index (χ1n) is 9.46. The number of amides is 2. The van der Waals surface area contributed by atoms with Crippen LogP contribution in [0.4, 0.5) is 15.8 Å². The number of carbonyl (C=O) groups is 2. The second kappa shape index (κ2) is 8.20. The molecular weight excluding hydrogens is 403 g/mol. The molecule has 1 heterocycles. The first kappa shape index (κ1) is 20.0. The van der Waals surface area contributed by atoms with Crippen molar-refractivity contribution in [2.24, 2.45) is 0 Å². The van der Waals surface area contributed by atoms with Crippen LogP contribution in [0.1, 0.15) is 22.8 Å². The summed E-state index contributed by atoms with van der Waals surface area (Å²) >= 11 is 1.52. The number of fused-ring (bicyclic) bond motifs is 2. The van der Waals surface area contributed by atoms with E-state index in [2.05, 4.69) is 5.32 Å². The van der Waals surface area contributed by atoms with Crippen molar-refractivity contribution < 1.29 is 19.1 Å². The van der Waals surface area contributed by atoms with Crippen LogP contribution in [-0.4, -0.2) is 23.5 Å². The Morgan fingerprint density at radius 3 is 2.67 bits per heavy atom. The summed E-state index contributed by atoms with van der Waals surface area (Å²) in [4.78, 5) is 29.0. The van der Waals surface area contributed by atoms with Gasteiger partial charge in [-0.3, -0.25) is 9.59 Å². The fourth-order valence-electron chi connectivity index (χ4n) is 3.37. The molecule has 0 saturated heterocycles. The molecule has 7 heteroatoms. The number of hydrogen-bond donors (Lipinski definition) is 2. The van der Waals surface area contributed by atoms with Crippen molar-refractivity contribution in [3.63, 3.8) is 0 Å². The van der Waals surface area contributed by atoms with Crippen LogP contribution in [-0.2, 0) is 11.2 Å². The maximum atomic E-state index is 13.2. The topological polar surface area (TPSA) is 69.6 Å². The van der Waals surface area contributed by atoms with Gasteiger partial charge in [0.05, 0.1) is 17.7 Å². The summed E-state index contributed by atoms with van der Waals surface area (Å²) in [6.45, 7) is 2.40. The van der Waals surface area contributed by atoms with Crippen molar-refractivity contribution >= 4 is 35.0 Å². The van der Waals surface area contributed by atoms with Crippen molar-refractivity contribution in [3.8, 4) is 5.75 Å². The summed E-state index contributed by atoms with van der Waals surface area (Å²) in [5.41, 5.74) is 2.45. The average molecular weight is 422 g/mol. The van der Waals surface area contributed by atoms with Crippen LogP contribution in [0.15, 0.2) is 70.5 Å². The van der Waals surface area contributed by atoms with Gasteiger partial charge in [0.2, 0.25) is 5.91 Å². The molecular formula is C23H19FN2O3S. The number of rotatable bonds is 4. The minimum atomic E-state index is -0.729. The largest absolute Gasteiger partial charge is 0.505 e. The van der Waals surface area contributed by atoms with Crippen LogP contribution >= 0.6 is 11.8 Å². The molecule has 0 spiro atoms. The number of benzene rings is 3. The van der Waals surface area contributed by atoms with E-state index in [1.165, 1.54) is 23.9 Å². The third-order valence-corrected chi connectivity index (χ3v) is 5.95. The number of hydrogen-bond acceptors (Lipinski definition) is 4. The van der Waals surface area contributed by atoms with Crippen molar-refractivity contribution in [2.75, 3.05) is 16.8 Å². The first-order chi connectivity index (χ1) is 14.5. The number of halogens is 1. The molecule has 3 aromatic carbocycles. The van der Waals surface area contributed by atoms with Crippen LogP contribution in [0.2, 0.25) is 0 Å². The minimum Gasteiger partial charge on any atom is -0.505 e. The van der Waals surface area contributed by atoms with Crippen molar-refractivity contribution in [1.29, 1.82) is 0 Å². The predicted molar refractivity (Wildman–Crippen MR) is 115 cm³/mol. The van der Waals surface area contributed by atoms with E-state index < -0.39 is 11.6 Å². The van der Waals surface area contributed by atoms with Crippen molar-refractivity contribution in [1.82, 2.24) is 0 Å². The minimum absolute atomic E-state index is 0.0124. The van der Waals surface area contributed by atoms with E-state index in [0.717, 1.165) is 21.5 Å². The Bertz CT molecular complexity index is 1150. The molecule has 0 aliphatic carbocycles. The molecule has 30 heavy (non-hydrogen) atoms. The Labute approximate surface area is 177 Å². The number of phenolic OH excluding ortho intramolecular Hbond substituents is 1. The highest BCUT2D eigenvalue weighted by molar-refractivity contribution is 7.99. The fraction of sp³-hybridized carbons (Fsp3) is 0.130. The zero-order valence-electron chi connectivity index (χ0n) is 16.2. The molecule has 5 nitrogen and oxygen atoms in total. The Morgan fingerprint density at radius 2 is 1.90 bits per heavy atom. The summed E-state index contributed by atoms with van der Waals surface area (Å²) in [7, 11) is 0. The summed E-state index contributed by atoms with van der Waals surface area (Å²) in [5.74, 6) is -1.60. The van der Waals surface area contributed by atoms with Crippen LogP contribution in [0.25, 0.3) is 0 Å². The van der Waals surface area contributed by atoms with Crippen LogP contribution in [0.3, 0.4) is 0 Å². The third kappa shape index (κ3) is 3.89. The van der Waals surface area contributed by atoms with Crippen molar-refractivity contribution in [3.05, 3.63) is 77.6 Å². The van der Waals surface area contributed by atoms with Gasteiger partial charge in [-0.2, -0.15) is 0 Å². The monoisotopic (exact) mass is 422 g/mol. The highest BCUT2D eigenvalue weighted by Crippen LogP contribution is 2.42. The quantitative estimate of drug-likeness (QED) is 0.631. The van der Waals surface area contributed by atoms with Crippen molar-refractivity contribution in [2.45, 2.75) is 23.1 Å². The number of carbonyl (C=O) groups excluding carboxylic acids is 2. The first-order valence-corrected chi connectivity index (χ1v) is 10.3. The van der Waals surface area contributed by atoms with Gasteiger partial charge in [0, 0.05) is 22.0 Å². The molecule has 1 aliphatic rings. The van der Waals surface area contributed by atoms with Crippen LogP contribution in [0.5, 0.6) is 5.75 Å². The fourth-order valence-corrected chi connectivity index (χ4v) is 4.43. The van der Waals surface area contributed by atoms with Gasteiger partial charge in [0.1, 0.15) is 0 Å². The Balaban J connectivity index is 1.59. The maximum Gasteiger partial charge on any atom is 0.259 e. The van der Waals surface area contributed by atoms with Crippen LogP contribution in [0, 0.1) is 5.82 Å². The van der Waals surface area contributed by atoms with E-state index in [-0.39, 0.29) is 18.2 Å². The molecule has 1 aliphatic heterocycles. The smallest absolute Gasteiger partial charge is 0.259 e. The molecule has 0 fully saturated rings. The summed E-state index contributed by atoms with van der Waals surface area (Å²) < 4.78 is 13.2. The molecule has 3 aromatic rings. The van der Waals surface area contributed by atoms with Gasteiger partial charge in [-0.25, -0.2) is 4.39 Å². The number of nitrogens with one attached hydrogen (secondary N) is 1. The predicted octanol–water partition coefficient (Wildman–Crippen LogP) is 4.84. The molecule has 2 amide bonds. The Hall–Kier alpha value is -3.32. The lowest BCUT2D eigenvalue weighted by atomic mass is 10.1. The van der Waals surface area contributed by atoms with E-state index in [4.69, 9.17) is 0 Å². The Kier molecular flexibility index (Phi) is 5.46. The lowest BCUT2D eigenvalue weighted by Gasteiger charge is -2.22. The maximum absolute atomic E-state index is 13.2. The summed E-state index contributed by atoms with van der Waals surface area (Å²) in [6.07, 6.45) is -0.0124. The Morgan fingerprint density at radius 1 is 1.10 bits per heavy atom. The average Bonchev–Trinajstić information content (AvgIpc) is 2.84. The second-order valence-electron chi connectivity index (χ2n) is 6.84. The van der Waals surface area contributed by atoms with Gasteiger partial charge >= 0.3 is 0 Å². The molecule has 152 valence electrons. The normalized spacial score (nSPS) is 12.7. The molecule has 0 radical (unpaired) electrons.